The molecule has 7 nitrogen and oxygen atoms in total. The third-order valence-electron chi connectivity index (χ3n) is 2.85. The van der Waals surface area contributed by atoms with Gasteiger partial charge in [-0.15, -0.1) is 0 Å². The highest BCUT2D eigenvalue weighted by molar-refractivity contribution is 5.76. The fraction of sp³-hybridized carbons (Fsp3) is 0.667. The van der Waals surface area contributed by atoms with Crippen molar-refractivity contribution in [3.8, 4) is 6.01 Å². The van der Waals surface area contributed by atoms with Crippen molar-refractivity contribution in [2.75, 3.05) is 26.1 Å². The third-order valence-corrected chi connectivity index (χ3v) is 2.85. The van der Waals surface area contributed by atoms with Gasteiger partial charge >= 0.3 is 6.01 Å². The van der Waals surface area contributed by atoms with Crippen LogP contribution in [0.15, 0.2) is 0 Å². The predicted octanol–water partition coefficient (Wildman–Crippen LogP) is 0.362. The zero-order valence-corrected chi connectivity index (χ0v) is 11.5. The molecule has 1 amide bonds. The van der Waals surface area contributed by atoms with E-state index in [9.17, 15) is 4.79 Å². The second kappa shape index (κ2) is 5.81. The number of aromatic nitrogens is 3. The number of nitrogens with zero attached hydrogens (tertiary/aromatic N) is 4. The lowest BCUT2D eigenvalue weighted by Gasteiger charge is -2.12. The van der Waals surface area contributed by atoms with Crippen molar-refractivity contribution in [2.24, 2.45) is 5.92 Å². The summed E-state index contributed by atoms with van der Waals surface area (Å²) in [6, 6.07) is 0.255. The molecule has 0 bridgehead atoms. The molecule has 104 valence electrons. The van der Waals surface area contributed by atoms with Crippen LogP contribution in [0.5, 0.6) is 6.01 Å². The Labute approximate surface area is 112 Å². The molecule has 1 aromatic heterocycles. The SMILES string of the molecule is COc1nc(CNC(=O)CC2CC2)nc(N(C)C)n1. The van der Waals surface area contributed by atoms with E-state index in [0.717, 1.165) is 12.8 Å². The maximum absolute atomic E-state index is 11.6. The average molecular weight is 265 g/mol. The van der Waals surface area contributed by atoms with E-state index in [2.05, 4.69) is 20.3 Å². The Bertz CT molecular complexity index is 459. The summed E-state index contributed by atoms with van der Waals surface area (Å²) in [5.41, 5.74) is 0. The second-order valence-corrected chi connectivity index (χ2v) is 4.86. The number of carbonyl (C=O) groups excluding carboxylic acids is 1. The van der Waals surface area contributed by atoms with Crippen LogP contribution in [0.4, 0.5) is 5.95 Å². The molecule has 1 fully saturated rings. The van der Waals surface area contributed by atoms with Crippen LogP contribution in [0.2, 0.25) is 0 Å². The number of methoxy groups -OCH3 is 1. The minimum Gasteiger partial charge on any atom is -0.467 e. The first-order valence-electron chi connectivity index (χ1n) is 6.31. The number of ether oxygens (including phenoxy) is 1. The van der Waals surface area contributed by atoms with Crippen molar-refractivity contribution in [3.63, 3.8) is 0 Å². The fourth-order valence-electron chi connectivity index (χ4n) is 1.59. The Morgan fingerprint density at radius 2 is 2.11 bits per heavy atom. The van der Waals surface area contributed by atoms with Crippen LogP contribution in [-0.4, -0.2) is 42.1 Å². The van der Waals surface area contributed by atoms with Gasteiger partial charge in [-0.3, -0.25) is 4.79 Å². The molecule has 0 radical (unpaired) electrons. The van der Waals surface area contributed by atoms with E-state index in [-0.39, 0.29) is 11.9 Å². The number of hydrogen-bond donors (Lipinski definition) is 1. The maximum atomic E-state index is 11.6. The van der Waals surface area contributed by atoms with Crippen LogP contribution in [0.3, 0.4) is 0 Å². The fourth-order valence-corrected chi connectivity index (χ4v) is 1.59. The van der Waals surface area contributed by atoms with Gasteiger partial charge < -0.3 is 15.0 Å². The van der Waals surface area contributed by atoms with Crippen molar-refractivity contribution in [1.29, 1.82) is 0 Å². The Morgan fingerprint density at radius 1 is 1.37 bits per heavy atom. The highest BCUT2D eigenvalue weighted by Crippen LogP contribution is 2.32. The topological polar surface area (TPSA) is 80.2 Å². The molecular formula is C12H19N5O2. The summed E-state index contributed by atoms with van der Waals surface area (Å²) in [5, 5.41) is 2.82. The van der Waals surface area contributed by atoms with Gasteiger partial charge in [0.2, 0.25) is 11.9 Å². The molecular weight excluding hydrogens is 246 g/mol. The summed E-state index contributed by atoms with van der Waals surface area (Å²) in [5.74, 6) is 1.64. The van der Waals surface area contributed by atoms with Gasteiger partial charge in [-0.1, -0.05) is 0 Å². The molecule has 1 N–H and O–H groups in total. The Kier molecular flexibility index (Phi) is 4.13. The van der Waals surface area contributed by atoms with Crippen molar-refractivity contribution < 1.29 is 9.53 Å². The van der Waals surface area contributed by atoms with Gasteiger partial charge in [-0.2, -0.15) is 15.0 Å². The molecule has 7 heteroatoms. The number of nitrogens with one attached hydrogen (secondary N) is 1. The molecule has 19 heavy (non-hydrogen) atoms. The minimum absolute atomic E-state index is 0.0493. The zero-order chi connectivity index (χ0) is 13.8. The summed E-state index contributed by atoms with van der Waals surface area (Å²) in [6.45, 7) is 0.297. The summed E-state index contributed by atoms with van der Waals surface area (Å²) in [6.07, 6.45) is 2.93. The number of anilines is 1. The molecule has 1 aliphatic rings. The van der Waals surface area contributed by atoms with E-state index < -0.39 is 0 Å². The summed E-state index contributed by atoms with van der Waals surface area (Å²) < 4.78 is 5.03. The molecule has 1 saturated carbocycles. The van der Waals surface area contributed by atoms with Gasteiger partial charge in [0, 0.05) is 20.5 Å². The summed E-state index contributed by atoms with van der Waals surface area (Å²) in [7, 11) is 5.18. The first kappa shape index (κ1) is 13.5. The molecule has 0 atom stereocenters. The number of hydrogen-bond acceptors (Lipinski definition) is 6. The van der Waals surface area contributed by atoms with Gasteiger partial charge in [-0.05, 0) is 18.8 Å². The first-order valence-corrected chi connectivity index (χ1v) is 6.31. The van der Waals surface area contributed by atoms with Crippen LogP contribution in [0.1, 0.15) is 25.1 Å². The quantitative estimate of drug-likeness (QED) is 0.800. The van der Waals surface area contributed by atoms with E-state index in [4.69, 9.17) is 4.74 Å². The van der Waals surface area contributed by atoms with Crippen molar-refractivity contribution in [1.82, 2.24) is 20.3 Å². The van der Waals surface area contributed by atoms with Gasteiger partial charge in [0.1, 0.15) is 0 Å². The first-order chi connectivity index (χ1) is 9.08. The Balaban J connectivity index is 1.97. The molecule has 1 aromatic rings. The van der Waals surface area contributed by atoms with Crippen molar-refractivity contribution >= 4 is 11.9 Å². The number of amides is 1. The van der Waals surface area contributed by atoms with Crippen molar-refractivity contribution in [2.45, 2.75) is 25.8 Å². The number of rotatable bonds is 6. The van der Waals surface area contributed by atoms with E-state index in [1.54, 1.807) is 4.90 Å². The molecule has 0 aliphatic heterocycles. The van der Waals surface area contributed by atoms with Crippen LogP contribution < -0.4 is 15.0 Å². The standard InChI is InChI=1S/C12H19N5O2/c1-17(2)11-14-9(15-12(16-11)19-3)7-13-10(18)6-8-4-5-8/h8H,4-7H2,1-3H3,(H,13,18). The molecule has 0 aromatic carbocycles. The molecule has 1 aliphatic carbocycles. The second-order valence-electron chi connectivity index (χ2n) is 4.86. The van der Waals surface area contributed by atoms with E-state index in [1.165, 1.54) is 7.11 Å². The summed E-state index contributed by atoms with van der Waals surface area (Å²) >= 11 is 0. The third kappa shape index (κ3) is 4.04. The van der Waals surface area contributed by atoms with Crippen LogP contribution >= 0.6 is 0 Å². The average Bonchev–Trinajstić information content (AvgIpc) is 3.19. The molecule has 0 spiro atoms. The van der Waals surface area contributed by atoms with E-state index in [0.29, 0.717) is 30.7 Å². The van der Waals surface area contributed by atoms with E-state index >= 15 is 0 Å². The monoisotopic (exact) mass is 265 g/mol. The number of carbonyl (C=O) groups is 1. The van der Waals surface area contributed by atoms with E-state index in [1.807, 2.05) is 14.1 Å². The van der Waals surface area contributed by atoms with Crippen molar-refractivity contribution in [3.05, 3.63) is 5.82 Å². The van der Waals surface area contributed by atoms with Gasteiger partial charge in [0.25, 0.3) is 0 Å². The van der Waals surface area contributed by atoms with Crippen LogP contribution in [0, 0.1) is 5.92 Å². The Hall–Kier alpha value is -1.92. The lowest BCUT2D eigenvalue weighted by Crippen LogP contribution is -2.25. The lowest BCUT2D eigenvalue weighted by molar-refractivity contribution is -0.121. The normalized spacial score (nSPS) is 14.1. The van der Waals surface area contributed by atoms with Gasteiger partial charge in [-0.25, -0.2) is 0 Å². The summed E-state index contributed by atoms with van der Waals surface area (Å²) in [4.78, 5) is 25.9. The molecule has 0 unspecified atom stereocenters. The molecule has 1 heterocycles. The minimum atomic E-state index is 0.0493. The lowest BCUT2D eigenvalue weighted by atomic mass is 10.3. The zero-order valence-electron chi connectivity index (χ0n) is 11.5. The van der Waals surface area contributed by atoms with Crippen LogP contribution in [-0.2, 0) is 11.3 Å². The molecule has 2 rings (SSSR count). The molecule has 0 saturated heterocycles. The Morgan fingerprint density at radius 3 is 2.68 bits per heavy atom. The maximum Gasteiger partial charge on any atom is 0.321 e. The van der Waals surface area contributed by atoms with Crippen LogP contribution in [0.25, 0.3) is 0 Å². The highest BCUT2D eigenvalue weighted by Gasteiger charge is 2.24. The van der Waals surface area contributed by atoms with Gasteiger partial charge in [0.05, 0.1) is 13.7 Å². The highest BCUT2D eigenvalue weighted by atomic mass is 16.5. The largest absolute Gasteiger partial charge is 0.467 e. The smallest absolute Gasteiger partial charge is 0.321 e. The van der Waals surface area contributed by atoms with Gasteiger partial charge in [0.15, 0.2) is 5.82 Å². The predicted molar refractivity (Wildman–Crippen MR) is 69.9 cm³/mol.